The molecule has 0 aromatic heterocycles. The molecule has 0 saturated carbocycles. The van der Waals surface area contributed by atoms with Crippen molar-refractivity contribution in [1.82, 2.24) is 0 Å². The molecular weight excluding hydrogens is 296 g/mol. The monoisotopic (exact) mass is 318 g/mol. The second kappa shape index (κ2) is 6.79. The minimum absolute atomic E-state index is 0.121. The van der Waals surface area contributed by atoms with Crippen molar-refractivity contribution >= 4 is 0 Å². The Morgan fingerprint density at radius 3 is 2.12 bits per heavy atom. The van der Waals surface area contributed by atoms with E-state index in [1.54, 1.807) is 12.1 Å². The van der Waals surface area contributed by atoms with E-state index in [-0.39, 0.29) is 17.4 Å². The lowest BCUT2D eigenvalue weighted by atomic mass is 9.91. The largest absolute Gasteiger partial charge is 0.507 e. The van der Waals surface area contributed by atoms with Crippen molar-refractivity contribution in [3.05, 3.63) is 83.4 Å². The number of hydrogen-bond acceptors (Lipinski definition) is 2. The zero-order valence-corrected chi connectivity index (χ0v) is 14.0. The van der Waals surface area contributed by atoms with Gasteiger partial charge >= 0.3 is 0 Å². The number of aromatic hydroxyl groups is 2. The van der Waals surface area contributed by atoms with Crippen LogP contribution in [0.3, 0.4) is 0 Å². The first kappa shape index (κ1) is 16.1. The van der Waals surface area contributed by atoms with Gasteiger partial charge in [-0.3, -0.25) is 0 Å². The molecule has 0 saturated heterocycles. The molecule has 1 unspecified atom stereocenters. The van der Waals surface area contributed by atoms with Gasteiger partial charge in [0, 0.05) is 0 Å². The number of phenolic OH excluding ortho intramolecular Hbond substituents is 2. The lowest BCUT2D eigenvalue weighted by molar-refractivity contribution is 0.452. The van der Waals surface area contributed by atoms with Crippen LogP contribution in [0.25, 0.3) is 11.1 Å². The van der Waals surface area contributed by atoms with Crippen LogP contribution in [-0.4, -0.2) is 10.2 Å². The highest BCUT2D eigenvalue weighted by Crippen LogP contribution is 2.40. The Morgan fingerprint density at radius 2 is 1.50 bits per heavy atom. The van der Waals surface area contributed by atoms with Crippen LogP contribution >= 0.6 is 0 Å². The van der Waals surface area contributed by atoms with Crippen molar-refractivity contribution in [2.24, 2.45) is 0 Å². The fraction of sp³-hybridized carbons (Fsp3) is 0.182. The summed E-state index contributed by atoms with van der Waals surface area (Å²) in [5.41, 5.74) is 4.59. The fourth-order valence-electron chi connectivity index (χ4n) is 3.10. The molecule has 1 atom stereocenters. The summed E-state index contributed by atoms with van der Waals surface area (Å²) in [6, 6.07) is 21.6. The third-order valence-corrected chi connectivity index (χ3v) is 4.38. The number of rotatable bonds is 4. The minimum Gasteiger partial charge on any atom is -0.507 e. The average Bonchev–Trinajstić information content (AvgIpc) is 2.55. The first-order valence-corrected chi connectivity index (χ1v) is 8.21. The molecule has 0 bridgehead atoms. The predicted molar refractivity (Wildman–Crippen MR) is 98.5 cm³/mol. The Kier molecular flexibility index (Phi) is 4.57. The first-order chi connectivity index (χ1) is 11.5. The normalized spacial score (nSPS) is 12.1. The van der Waals surface area contributed by atoms with Crippen molar-refractivity contribution < 1.29 is 10.2 Å². The summed E-state index contributed by atoms with van der Waals surface area (Å²) >= 11 is 0. The Labute approximate surface area is 143 Å². The van der Waals surface area contributed by atoms with Crippen LogP contribution in [0.4, 0.5) is 0 Å². The van der Waals surface area contributed by atoms with Crippen LogP contribution in [0, 0.1) is 6.92 Å². The van der Waals surface area contributed by atoms with Crippen molar-refractivity contribution in [3.8, 4) is 22.6 Å². The van der Waals surface area contributed by atoms with Gasteiger partial charge in [0.05, 0.1) is 5.56 Å². The van der Waals surface area contributed by atoms with E-state index in [1.807, 2.05) is 49.4 Å². The second-order valence-electron chi connectivity index (χ2n) is 6.39. The smallest absolute Gasteiger partial charge is 0.127 e. The third kappa shape index (κ3) is 3.43. The van der Waals surface area contributed by atoms with E-state index in [9.17, 15) is 10.2 Å². The molecule has 122 valence electrons. The highest BCUT2D eigenvalue weighted by atomic mass is 16.3. The topological polar surface area (TPSA) is 40.5 Å². The maximum atomic E-state index is 10.5. The molecule has 2 heteroatoms. The molecule has 0 spiro atoms. The molecule has 2 N–H and O–H groups in total. The molecule has 3 rings (SSSR count). The first-order valence-electron chi connectivity index (χ1n) is 8.21. The second-order valence-corrected chi connectivity index (χ2v) is 6.39. The van der Waals surface area contributed by atoms with Crippen molar-refractivity contribution in [1.29, 1.82) is 0 Å². The number of hydrogen-bond donors (Lipinski definition) is 2. The van der Waals surface area contributed by atoms with E-state index in [4.69, 9.17) is 0 Å². The van der Waals surface area contributed by atoms with Crippen LogP contribution in [0.5, 0.6) is 11.5 Å². The van der Waals surface area contributed by atoms with Crippen molar-refractivity contribution in [2.75, 3.05) is 0 Å². The van der Waals surface area contributed by atoms with Gasteiger partial charge in [0.1, 0.15) is 11.5 Å². The van der Waals surface area contributed by atoms with Gasteiger partial charge in [-0.15, -0.1) is 0 Å². The van der Waals surface area contributed by atoms with E-state index < -0.39 is 0 Å². The van der Waals surface area contributed by atoms with Crippen LogP contribution in [0.2, 0.25) is 0 Å². The van der Waals surface area contributed by atoms with Crippen LogP contribution in [0.15, 0.2) is 66.7 Å². The minimum atomic E-state index is 0.121. The number of benzene rings is 3. The number of aryl methyl sites for hydroxylation is 1. The van der Waals surface area contributed by atoms with Crippen molar-refractivity contribution in [3.63, 3.8) is 0 Å². The molecule has 0 aliphatic rings. The van der Waals surface area contributed by atoms with Gasteiger partial charge < -0.3 is 10.2 Å². The molecule has 0 fully saturated rings. The van der Waals surface area contributed by atoms with Crippen LogP contribution < -0.4 is 0 Å². The van der Waals surface area contributed by atoms with E-state index in [0.717, 1.165) is 23.1 Å². The molecule has 2 nitrogen and oxygen atoms in total. The Morgan fingerprint density at radius 1 is 0.833 bits per heavy atom. The summed E-state index contributed by atoms with van der Waals surface area (Å²) in [7, 11) is 0. The fourth-order valence-corrected chi connectivity index (χ4v) is 3.10. The molecule has 3 aromatic carbocycles. The molecule has 0 radical (unpaired) electrons. The van der Waals surface area contributed by atoms with E-state index >= 15 is 0 Å². The molecule has 0 aliphatic heterocycles. The quantitative estimate of drug-likeness (QED) is 0.674. The predicted octanol–water partition coefficient (Wildman–Crippen LogP) is 5.42. The van der Waals surface area contributed by atoms with Gasteiger partial charge in [-0.1, -0.05) is 67.1 Å². The summed E-state index contributed by atoms with van der Waals surface area (Å²) in [4.78, 5) is 0. The van der Waals surface area contributed by atoms with Crippen LogP contribution in [0.1, 0.15) is 29.5 Å². The van der Waals surface area contributed by atoms with Gasteiger partial charge in [0.25, 0.3) is 0 Å². The zero-order valence-electron chi connectivity index (χ0n) is 14.0. The van der Waals surface area contributed by atoms with Crippen LogP contribution in [-0.2, 0) is 6.42 Å². The highest BCUT2D eigenvalue weighted by Gasteiger charge is 2.15. The highest BCUT2D eigenvalue weighted by molar-refractivity contribution is 5.77. The molecule has 0 heterocycles. The van der Waals surface area contributed by atoms with Gasteiger partial charge in [-0.25, -0.2) is 0 Å². The zero-order chi connectivity index (χ0) is 17.1. The maximum absolute atomic E-state index is 10.5. The molecule has 0 amide bonds. The summed E-state index contributed by atoms with van der Waals surface area (Å²) < 4.78 is 0. The molecule has 3 aromatic rings. The van der Waals surface area contributed by atoms with Gasteiger partial charge in [-0.2, -0.15) is 0 Å². The van der Waals surface area contributed by atoms with Gasteiger partial charge in [-0.05, 0) is 48.1 Å². The van der Waals surface area contributed by atoms with E-state index in [1.165, 1.54) is 5.56 Å². The molecule has 24 heavy (non-hydrogen) atoms. The van der Waals surface area contributed by atoms with Gasteiger partial charge in [0.15, 0.2) is 0 Å². The standard InChI is InChI=1S/C22H22O2/c1-15-7-6-10-18(11-15)22-20(23)13-19(14-21(22)24)16(2)12-17-8-4-3-5-9-17/h3-11,13-14,16,23-24H,12H2,1-2H3. The van der Waals surface area contributed by atoms with Crippen molar-refractivity contribution in [2.45, 2.75) is 26.2 Å². The van der Waals surface area contributed by atoms with Gasteiger partial charge in [0.2, 0.25) is 0 Å². The summed E-state index contributed by atoms with van der Waals surface area (Å²) in [6.45, 7) is 4.10. The third-order valence-electron chi connectivity index (χ3n) is 4.38. The average molecular weight is 318 g/mol. The summed E-state index contributed by atoms with van der Waals surface area (Å²) in [6.07, 6.45) is 0.865. The SMILES string of the molecule is Cc1cccc(-c2c(O)cc(C(C)Cc3ccccc3)cc2O)c1. The molecular formula is C22H22O2. The summed E-state index contributed by atoms with van der Waals surface area (Å²) in [5, 5.41) is 20.9. The lowest BCUT2D eigenvalue weighted by Crippen LogP contribution is -1.99. The Balaban J connectivity index is 1.92. The van der Waals surface area contributed by atoms with E-state index in [0.29, 0.717) is 5.56 Å². The Bertz CT molecular complexity index is 815. The summed E-state index contributed by atoms with van der Waals surface area (Å²) in [5.74, 6) is 0.446. The number of phenols is 2. The maximum Gasteiger partial charge on any atom is 0.127 e. The lowest BCUT2D eigenvalue weighted by Gasteiger charge is -2.16. The molecule has 0 aliphatic carbocycles. The Hall–Kier alpha value is -2.74. The van der Waals surface area contributed by atoms with E-state index in [2.05, 4.69) is 19.1 Å².